The molecular formula is C13H11BrFNO2. The fourth-order valence-electron chi connectivity index (χ4n) is 1.37. The molecule has 0 fully saturated rings. The normalized spacial score (nSPS) is 12.2. The summed E-state index contributed by atoms with van der Waals surface area (Å²) in [6.45, 7) is 1.65. The molecule has 1 aromatic carbocycles. The van der Waals surface area contributed by atoms with Gasteiger partial charge in [0.15, 0.2) is 0 Å². The smallest absolute Gasteiger partial charge is 0.219 e. The third-order valence-corrected chi connectivity index (χ3v) is 3.00. The minimum absolute atomic E-state index is 0.339. The van der Waals surface area contributed by atoms with Crippen LogP contribution in [0.15, 0.2) is 41.0 Å². The third kappa shape index (κ3) is 3.05. The molecule has 0 radical (unpaired) electrons. The molecule has 0 unspecified atom stereocenters. The van der Waals surface area contributed by atoms with E-state index in [0.29, 0.717) is 21.7 Å². The summed E-state index contributed by atoms with van der Waals surface area (Å²) >= 11 is 3.27. The number of aliphatic hydroxyl groups excluding tert-OH is 1. The average Bonchev–Trinajstić information content (AvgIpc) is 2.34. The average molecular weight is 312 g/mol. The van der Waals surface area contributed by atoms with Gasteiger partial charge in [0.25, 0.3) is 0 Å². The van der Waals surface area contributed by atoms with Gasteiger partial charge in [-0.25, -0.2) is 9.37 Å². The van der Waals surface area contributed by atoms with E-state index in [1.807, 2.05) is 0 Å². The molecule has 1 aromatic heterocycles. The Hall–Kier alpha value is -1.46. The van der Waals surface area contributed by atoms with Gasteiger partial charge in [-0.1, -0.05) is 0 Å². The van der Waals surface area contributed by atoms with Crippen molar-refractivity contribution in [1.29, 1.82) is 0 Å². The van der Waals surface area contributed by atoms with Gasteiger partial charge in [0.05, 0.1) is 10.6 Å². The van der Waals surface area contributed by atoms with E-state index in [1.54, 1.807) is 25.1 Å². The fourth-order valence-corrected chi connectivity index (χ4v) is 1.69. The molecule has 1 heterocycles. The van der Waals surface area contributed by atoms with Crippen LogP contribution in [0.5, 0.6) is 11.6 Å². The number of ether oxygens (including phenoxy) is 1. The molecule has 0 bridgehead atoms. The lowest BCUT2D eigenvalue weighted by molar-refractivity contribution is 0.198. The number of halogens is 2. The van der Waals surface area contributed by atoms with Gasteiger partial charge < -0.3 is 9.84 Å². The molecule has 2 rings (SSSR count). The van der Waals surface area contributed by atoms with Crippen molar-refractivity contribution in [3.8, 4) is 11.6 Å². The summed E-state index contributed by atoms with van der Waals surface area (Å²) in [6.07, 6.45) is 0.945. The van der Waals surface area contributed by atoms with Gasteiger partial charge in [0, 0.05) is 18.3 Å². The van der Waals surface area contributed by atoms with Crippen molar-refractivity contribution in [1.82, 2.24) is 4.98 Å². The Morgan fingerprint density at radius 3 is 2.72 bits per heavy atom. The first-order valence-electron chi connectivity index (χ1n) is 5.33. The first-order chi connectivity index (χ1) is 8.56. The van der Waals surface area contributed by atoms with Gasteiger partial charge in [0.2, 0.25) is 5.88 Å². The van der Waals surface area contributed by atoms with Crippen molar-refractivity contribution < 1.29 is 14.2 Å². The molecule has 0 spiro atoms. The molecule has 94 valence electrons. The van der Waals surface area contributed by atoms with Gasteiger partial charge in [-0.05, 0) is 46.6 Å². The molecule has 5 heteroatoms. The lowest BCUT2D eigenvalue weighted by Crippen LogP contribution is -1.94. The number of rotatable bonds is 3. The van der Waals surface area contributed by atoms with Crippen molar-refractivity contribution >= 4 is 15.9 Å². The van der Waals surface area contributed by atoms with Crippen LogP contribution in [0.3, 0.4) is 0 Å². The van der Waals surface area contributed by atoms with Crippen LogP contribution in [0, 0.1) is 5.82 Å². The van der Waals surface area contributed by atoms with Crippen molar-refractivity contribution in [2.45, 2.75) is 13.0 Å². The Balaban J connectivity index is 2.21. The van der Waals surface area contributed by atoms with Gasteiger partial charge in [-0.2, -0.15) is 0 Å². The second kappa shape index (κ2) is 5.46. The minimum Gasteiger partial charge on any atom is -0.438 e. The molecule has 0 amide bonds. The maximum Gasteiger partial charge on any atom is 0.219 e. The van der Waals surface area contributed by atoms with E-state index in [-0.39, 0.29) is 5.82 Å². The number of aliphatic hydroxyl groups is 1. The van der Waals surface area contributed by atoms with Crippen LogP contribution in [-0.4, -0.2) is 10.1 Å². The Morgan fingerprint density at radius 1 is 1.33 bits per heavy atom. The Kier molecular flexibility index (Phi) is 3.93. The molecule has 1 N–H and O–H groups in total. The molecule has 0 saturated carbocycles. The summed E-state index contributed by atoms with van der Waals surface area (Å²) in [5, 5.41) is 9.35. The van der Waals surface area contributed by atoms with Crippen LogP contribution in [0.25, 0.3) is 0 Å². The number of benzene rings is 1. The monoisotopic (exact) mass is 311 g/mol. The molecule has 2 aromatic rings. The highest BCUT2D eigenvalue weighted by molar-refractivity contribution is 9.10. The SMILES string of the molecule is C[C@@H](O)c1ccc(Oc2cc(F)ccc2Br)nc1. The molecule has 1 atom stereocenters. The molecule has 18 heavy (non-hydrogen) atoms. The van der Waals surface area contributed by atoms with E-state index < -0.39 is 6.10 Å². The van der Waals surface area contributed by atoms with Crippen LogP contribution in [-0.2, 0) is 0 Å². The summed E-state index contributed by atoms with van der Waals surface area (Å²) < 4.78 is 19.2. The van der Waals surface area contributed by atoms with Gasteiger partial charge >= 0.3 is 0 Å². The van der Waals surface area contributed by atoms with Gasteiger partial charge in [-0.15, -0.1) is 0 Å². The van der Waals surface area contributed by atoms with Crippen molar-refractivity contribution in [2.75, 3.05) is 0 Å². The highest BCUT2D eigenvalue weighted by Crippen LogP contribution is 2.29. The summed E-state index contributed by atoms with van der Waals surface area (Å²) in [6, 6.07) is 7.50. The lowest BCUT2D eigenvalue weighted by Gasteiger charge is -2.08. The number of hydrogen-bond acceptors (Lipinski definition) is 3. The van der Waals surface area contributed by atoms with Crippen molar-refractivity contribution in [3.05, 3.63) is 52.4 Å². The first-order valence-corrected chi connectivity index (χ1v) is 6.12. The van der Waals surface area contributed by atoms with E-state index >= 15 is 0 Å². The van der Waals surface area contributed by atoms with E-state index in [0.717, 1.165) is 0 Å². The molecule has 0 aliphatic rings. The molecule has 0 aliphatic carbocycles. The minimum atomic E-state index is -0.576. The Labute approximate surface area is 112 Å². The molecule has 3 nitrogen and oxygen atoms in total. The highest BCUT2D eigenvalue weighted by Gasteiger charge is 2.06. The van der Waals surface area contributed by atoms with Crippen LogP contribution < -0.4 is 4.74 Å². The molecule has 0 saturated heterocycles. The number of aromatic nitrogens is 1. The largest absolute Gasteiger partial charge is 0.438 e. The maximum absolute atomic E-state index is 13.1. The first kappa shape index (κ1) is 13.0. The van der Waals surface area contributed by atoms with Crippen LogP contribution in [0.1, 0.15) is 18.6 Å². The predicted molar refractivity (Wildman–Crippen MR) is 69.0 cm³/mol. The van der Waals surface area contributed by atoms with Crippen molar-refractivity contribution in [3.63, 3.8) is 0 Å². The van der Waals surface area contributed by atoms with Crippen LogP contribution >= 0.6 is 15.9 Å². The summed E-state index contributed by atoms with van der Waals surface area (Å²) in [4.78, 5) is 4.04. The zero-order chi connectivity index (χ0) is 13.1. The number of nitrogens with zero attached hydrogens (tertiary/aromatic N) is 1. The zero-order valence-electron chi connectivity index (χ0n) is 9.60. The quantitative estimate of drug-likeness (QED) is 0.936. The number of pyridine rings is 1. The van der Waals surface area contributed by atoms with E-state index in [4.69, 9.17) is 4.74 Å². The van der Waals surface area contributed by atoms with Gasteiger partial charge in [0.1, 0.15) is 11.6 Å². The summed E-state index contributed by atoms with van der Waals surface area (Å²) in [7, 11) is 0. The third-order valence-electron chi connectivity index (χ3n) is 2.35. The standard InChI is InChI=1S/C13H11BrFNO2/c1-8(17)9-2-5-13(16-7-9)18-12-6-10(15)3-4-11(12)14/h2-8,17H,1H3/t8-/m1/s1. The molecular weight excluding hydrogens is 301 g/mol. The van der Waals surface area contributed by atoms with E-state index in [9.17, 15) is 9.50 Å². The van der Waals surface area contributed by atoms with Crippen molar-refractivity contribution in [2.24, 2.45) is 0 Å². The number of hydrogen-bond donors (Lipinski definition) is 1. The topological polar surface area (TPSA) is 42.4 Å². The van der Waals surface area contributed by atoms with Crippen LogP contribution in [0.2, 0.25) is 0 Å². The van der Waals surface area contributed by atoms with E-state index in [1.165, 1.54) is 18.3 Å². The maximum atomic E-state index is 13.1. The summed E-state index contributed by atoms with van der Waals surface area (Å²) in [5.41, 5.74) is 0.695. The fraction of sp³-hybridized carbons (Fsp3) is 0.154. The van der Waals surface area contributed by atoms with Crippen LogP contribution in [0.4, 0.5) is 4.39 Å². The second-order valence-electron chi connectivity index (χ2n) is 3.78. The Morgan fingerprint density at radius 2 is 2.11 bits per heavy atom. The zero-order valence-corrected chi connectivity index (χ0v) is 11.2. The predicted octanol–water partition coefficient (Wildman–Crippen LogP) is 3.83. The Bertz CT molecular complexity index is 543. The molecule has 0 aliphatic heterocycles. The lowest BCUT2D eigenvalue weighted by atomic mass is 10.2. The van der Waals surface area contributed by atoms with Gasteiger partial charge in [-0.3, -0.25) is 0 Å². The highest BCUT2D eigenvalue weighted by atomic mass is 79.9. The van der Waals surface area contributed by atoms with E-state index in [2.05, 4.69) is 20.9 Å². The second-order valence-corrected chi connectivity index (χ2v) is 4.64. The summed E-state index contributed by atoms with van der Waals surface area (Å²) in [5.74, 6) is 0.312.